The molecule has 0 amide bonds. The summed E-state index contributed by atoms with van der Waals surface area (Å²) < 4.78 is 4.75. The molecule has 0 bridgehead atoms. The van der Waals surface area contributed by atoms with Crippen molar-refractivity contribution in [2.24, 2.45) is 0 Å². The van der Waals surface area contributed by atoms with Gasteiger partial charge in [-0.15, -0.1) is 0 Å². The molecule has 3 heteroatoms. The number of fused-ring (bicyclic) bond motifs is 1. The molecule has 0 saturated heterocycles. The number of aryl methyl sites for hydroxylation is 2. The third-order valence-electron chi connectivity index (χ3n) is 2.60. The van der Waals surface area contributed by atoms with E-state index in [2.05, 4.69) is 4.98 Å². The molecule has 3 nitrogen and oxygen atoms in total. The molecule has 16 heavy (non-hydrogen) atoms. The molecule has 0 aliphatic rings. The number of hydrogen-bond donors (Lipinski definition) is 0. The van der Waals surface area contributed by atoms with E-state index in [1.807, 2.05) is 32.0 Å². The van der Waals surface area contributed by atoms with Gasteiger partial charge in [0.15, 0.2) is 0 Å². The molecular formula is C13H13NO2. The number of methoxy groups -OCH3 is 1. The van der Waals surface area contributed by atoms with Crippen molar-refractivity contribution in [2.45, 2.75) is 13.8 Å². The number of aromatic nitrogens is 1. The fourth-order valence-corrected chi connectivity index (χ4v) is 1.74. The fraction of sp³-hybridized carbons (Fsp3) is 0.231. The van der Waals surface area contributed by atoms with Crippen molar-refractivity contribution < 1.29 is 9.53 Å². The van der Waals surface area contributed by atoms with Crippen LogP contribution in [0.2, 0.25) is 0 Å². The second kappa shape index (κ2) is 3.93. The lowest BCUT2D eigenvalue weighted by molar-refractivity contribution is 0.0603. The molecule has 0 unspecified atom stereocenters. The average molecular weight is 215 g/mol. The van der Waals surface area contributed by atoms with Crippen molar-refractivity contribution >= 4 is 16.9 Å². The number of esters is 1. The molecule has 0 radical (unpaired) electrons. The molecule has 1 heterocycles. The van der Waals surface area contributed by atoms with Crippen LogP contribution in [-0.4, -0.2) is 18.1 Å². The second-order valence-electron chi connectivity index (χ2n) is 3.77. The van der Waals surface area contributed by atoms with Gasteiger partial charge in [0.25, 0.3) is 0 Å². The number of carbonyl (C=O) groups excluding carboxylic acids is 1. The van der Waals surface area contributed by atoms with E-state index in [4.69, 9.17) is 4.74 Å². The predicted octanol–water partition coefficient (Wildman–Crippen LogP) is 2.64. The third kappa shape index (κ3) is 1.65. The number of benzene rings is 1. The molecule has 0 aliphatic carbocycles. The third-order valence-corrected chi connectivity index (χ3v) is 2.60. The molecule has 1 aromatic carbocycles. The van der Waals surface area contributed by atoms with Crippen LogP contribution in [0, 0.1) is 13.8 Å². The molecule has 0 atom stereocenters. The first-order valence-electron chi connectivity index (χ1n) is 5.09. The Morgan fingerprint density at radius 2 is 1.94 bits per heavy atom. The van der Waals surface area contributed by atoms with Gasteiger partial charge >= 0.3 is 5.97 Å². The van der Waals surface area contributed by atoms with Gasteiger partial charge in [-0.1, -0.05) is 12.1 Å². The van der Waals surface area contributed by atoms with E-state index in [1.165, 1.54) is 7.11 Å². The Balaban J connectivity index is 2.79. The van der Waals surface area contributed by atoms with Crippen LogP contribution >= 0.6 is 0 Å². The Labute approximate surface area is 94.1 Å². The maximum absolute atomic E-state index is 11.6. The highest BCUT2D eigenvalue weighted by atomic mass is 16.5. The van der Waals surface area contributed by atoms with Gasteiger partial charge in [-0.3, -0.25) is 4.98 Å². The average Bonchev–Trinajstić information content (AvgIpc) is 2.29. The predicted molar refractivity (Wildman–Crippen MR) is 62.6 cm³/mol. The van der Waals surface area contributed by atoms with Crippen LogP contribution in [0.3, 0.4) is 0 Å². The van der Waals surface area contributed by atoms with Crippen molar-refractivity contribution in [2.75, 3.05) is 7.11 Å². The van der Waals surface area contributed by atoms with Crippen LogP contribution in [0.1, 0.15) is 21.6 Å². The lowest BCUT2D eigenvalue weighted by Crippen LogP contribution is -2.03. The van der Waals surface area contributed by atoms with Crippen molar-refractivity contribution in [3.05, 3.63) is 41.1 Å². The summed E-state index contributed by atoms with van der Waals surface area (Å²) in [6.07, 6.45) is 0. The lowest BCUT2D eigenvalue weighted by Gasteiger charge is -2.07. The van der Waals surface area contributed by atoms with Gasteiger partial charge in [-0.25, -0.2) is 4.79 Å². The summed E-state index contributed by atoms with van der Waals surface area (Å²) in [5, 5.41) is 0.845. The Bertz CT molecular complexity index is 561. The number of carbonyl (C=O) groups is 1. The van der Waals surface area contributed by atoms with Gasteiger partial charge in [-0.2, -0.15) is 0 Å². The SMILES string of the molecule is COC(=O)c1ccc(C)c2nc(C)ccc12. The van der Waals surface area contributed by atoms with Crippen molar-refractivity contribution in [1.82, 2.24) is 4.98 Å². The van der Waals surface area contributed by atoms with Crippen molar-refractivity contribution in [3.63, 3.8) is 0 Å². The molecular weight excluding hydrogens is 202 g/mol. The topological polar surface area (TPSA) is 39.2 Å². The smallest absolute Gasteiger partial charge is 0.338 e. The summed E-state index contributed by atoms with van der Waals surface area (Å²) in [7, 11) is 1.38. The van der Waals surface area contributed by atoms with Gasteiger partial charge in [0, 0.05) is 11.1 Å². The van der Waals surface area contributed by atoms with Gasteiger partial charge in [0.05, 0.1) is 18.2 Å². The van der Waals surface area contributed by atoms with Gasteiger partial charge in [-0.05, 0) is 31.5 Å². The normalized spacial score (nSPS) is 10.4. The zero-order chi connectivity index (χ0) is 11.7. The molecule has 0 fully saturated rings. The minimum absolute atomic E-state index is 0.323. The summed E-state index contributed by atoms with van der Waals surface area (Å²) >= 11 is 0. The summed E-state index contributed by atoms with van der Waals surface area (Å²) in [4.78, 5) is 16.0. The van der Waals surface area contributed by atoms with Crippen LogP contribution in [0.5, 0.6) is 0 Å². The van der Waals surface area contributed by atoms with E-state index in [0.717, 1.165) is 22.2 Å². The van der Waals surface area contributed by atoms with E-state index < -0.39 is 0 Å². The Morgan fingerprint density at radius 3 is 2.62 bits per heavy atom. The maximum atomic E-state index is 11.6. The number of ether oxygens (including phenoxy) is 1. The van der Waals surface area contributed by atoms with Gasteiger partial charge in [0.1, 0.15) is 0 Å². The number of pyridine rings is 1. The Morgan fingerprint density at radius 1 is 1.19 bits per heavy atom. The first kappa shape index (κ1) is 10.6. The Hall–Kier alpha value is -1.90. The number of nitrogens with zero attached hydrogens (tertiary/aromatic N) is 1. The first-order valence-corrected chi connectivity index (χ1v) is 5.09. The fourth-order valence-electron chi connectivity index (χ4n) is 1.74. The molecule has 0 spiro atoms. The lowest BCUT2D eigenvalue weighted by atomic mass is 10.0. The summed E-state index contributed by atoms with van der Waals surface area (Å²) in [6, 6.07) is 7.48. The number of rotatable bonds is 1. The van der Waals surface area contributed by atoms with Crippen molar-refractivity contribution in [1.29, 1.82) is 0 Å². The molecule has 82 valence electrons. The van der Waals surface area contributed by atoms with Crippen LogP contribution in [0.15, 0.2) is 24.3 Å². The van der Waals surface area contributed by atoms with Crippen LogP contribution in [-0.2, 0) is 4.74 Å². The summed E-state index contributed by atoms with van der Waals surface area (Å²) in [5.41, 5.74) is 3.43. The van der Waals surface area contributed by atoms with E-state index in [0.29, 0.717) is 5.56 Å². The zero-order valence-corrected chi connectivity index (χ0v) is 9.57. The highest BCUT2D eigenvalue weighted by molar-refractivity contribution is 6.04. The molecule has 2 rings (SSSR count). The summed E-state index contributed by atoms with van der Waals surface area (Å²) in [6.45, 7) is 3.92. The van der Waals surface area contributed by atoms with Crippen molar-refractivity contribution in [3.8, 4) is 0 Å². The van der Waals surface area contributed by atoms with Gasteiger partial charge < -0.3 is 4.74 Å². The van der Waals surface area contributed by atoms with Crippen LogP contribution in [0.25, 0.3) is 10.9 Å². The number of hydrogen-bond acceptors (Lipinski definition) is 3. The minimum atomic E-state index is -0.323. The summed E-state index contributed by atoms with van der Waals surface area (Å²) in [5.74, 6) is -0.323. The monoisotopic (exact) mass is 215 g/mol. The first-order chi connectivity index (χ1) is 7.63. The maximum Gasteiger partial charge on any atom is 0.338 e. The standard InChI is InChI=1S/C13H13NO2/c1-8-4-6-11(13(15)16-3)10-7-5-9(2)14-12(8)10/h4-7H,1-3H3. The molecule has 0 saturated carbocycles. The van der Waals surface area contributed by atoms with E-state index in [1.54, 1.807) is 6.07 Å². The highest BCUT2D eigenvalue weighted by Gasteiger charge is 2.11. The molecule has 1 aromatic heterocycles. The molecule has 2 aromatic rings. The van der Waals surface area contributed by atoms with E-state index in [-0.39, 0.29) is 5.97 Å². The highest BCUT2D eigenvalue weighted by Crippen LogP contribution is 2.21. The second-order valence-corrected chi connectivity index (χ2v) is 3.77. The zero-order valence-electron chi connectivity index (χ0n) is 9.57. The molecule has 0 N–H and O–H groups in total. The Kier molecular flexibility index (Phi) is 2.60. The van der Waals surface area contributed by atoms with Gasteiger partial charge in [0.2, 0.25) is 0 Å². The van der Waals surface area contributed by atoms with Crippen LogP contribution < -0.4 is 0 Å². The largest absolute Gasteiger partial charge is 0.465 e. The minimum Gasteiger partial charge on any atom is -0.465 e. The molecule has 0 aliphatic heterocycles. The quantitative estimate of drug-likeness (QED) is 0.686. The van der Waals surface area contributed by atoms with Crippen LogP contribution in [0.4, 0.5) is 0 Å². The van der Waals surface area contributed by atoms with E-state index >= 15 is 0 Å². The van der Waals surface area contributed by atoms with E-state index in [9.17, 15) is 4.79 Å².